The number of carbonyl (C=O) groups excluding carboxylic acids is 1. The van der Waals surface area contributed by atoms with Gasteiger partial charge in [-0.05, 0) is 45.3 Å². The highest BCUT2D eigenvalue weighted by Gasteiger charge is 2.19. The highest BCUT2D eigenvalue weighted by atomic mass is 35.5. The summed E-state index contributed by atoms with van der Waals surface area (Å²) in [5.41, 5.74) is 0.350. The smallest absolute Gasteiger partial charge is 0.156 e. The number of halogens is 1. The molecule has 6 heteroatoms. The van der Waals surface area contributed by atoms with Crippen LogP contribution in [0.15, 0.2) is 0 Å². The van der Waals surface area contributed by atoms with Crippen molar-refractivity contribution in [1.82, 2.24) is 14.9 Å². The van der Waals surface area contributed by atoms with Crippen LogP contribution < -0.4 is 5.32 Å². The zero-order valence-corrected chi connectivity index (χ0v) is 12.8. The van der Waals surface area contributed by atoms with Gasteiger partial charge in [-0.3, -0.25) is 4.79 Å². The van der Waals surface area contributed by atoms with E-state index in [-0.39, 0.29) is 5.15 Å². The molecule has 1 saturated heterocycles. The Morgan fingerprint density at radius 1 is 1.40 bits per heavy atom. The lowest BCUT2D eigenvalue weighted by atomic mass is 9.97. The minimum absolute atomic E-state index is 0.218. The Labute approximate surface area is 124 Å². The fraction of sp³-hybridized carbons (Fsp3) is 0.643. The number of anilines is 1. The lowest BCUT2D eigenvalue weighted by Gasteiger charge is -2.31. The summed E-state index contributed by atoms with van der Waals surface area (Å²) >= 11 is 5.97. The molecule has 0 amide bonds. The fourth-order valence-corrected chi connectivity index (χ4v) is 2.79. The number of aromatic nitrogens is 2. The Morgan fingerprint density at radius 3 is 2.70 bits per heavy atom. The Kier molecular flexibility index (Phi) is 5.31. The maximum Gasteiger partial charge on any atom is 0.156 e. The van der Waals surface area contributed by atoms with E-state index in [1.165, 1.54) is 12.8 Å². The lowest BCUT2D eigenvalue weighted by Crippen LogP contribution is -2.35. The van der Waals surface area contributed by atoms with E-state index in [1.807, 2.05) is 0 Å². The second-order valence-corrected chi connectivity index (χ2v) is 5.56. The van der Waals surface area contributed by atoms with Crippen molar-refractivity contribution in [2.45, 2.75) is 26.7 Å². The SMILES string of the molecule is CCN1CCC(CNc2nc(C)nc(Cl)c2C=O)CC1. The molecule has 1 aromatic rings. The molecule has 0 aliphatic carbocycles. The summed E-state index contributed by atoms with van der Waals surface area (Å²) in [6, 6.07) is 0. The van der Waals surface area contributed by atoms with Gasteiger partial charge in [-0.25, -0.2) is 9.97 Å². The predicted molar refractivity (Wildman–Crippen MR) is 80.5 cm³/mol. The molecule has 0 aromatic carbocycles. The van der Waals surface area contributed by atoms with E-state index in [4.69, 9.17) is 11.6 Å². The second-order valence-electron chi connectivity index (χ2n) is 5.20. The van der Waals surface area contributed by atoms with Crippen molar-refractivity contribution in [3.8, 4) is 0 Å². The maximum absolute atomic E-state index is 11.1. The number of nitrogens with one attached hydrogen (secondary N) is 1. The van der Waals surface area contributed by atoms with E-state index < -0.39 is 0 Å². The molecule has 1 aliphatic rings. The van der Waals surface area contributed by atoms with E-state index in [0.29, 0.717) is 29.4 Å². The third-order valence-corrected chi connectivity index (χ3v) is 4.13. The standard InChI is InChI=1S/C14H21ClN4O/c1-3-19-6-4-11(5-7-19)8-16-14-12(9-20)13(15)17-10(2)18-14/h9,11H,3-8H2,1-2H3,(H,16,17,18). The van der Waals surface area contributed by atoms with Crippen molar-refractivity contribution in [3.05, 3.63) is 16.5 Å². The number of likely N-dealkylation sites (tertiary alicyclic amines) is 1. The van der Waals surface area contributed by atoms with Crippen LogP contribution in [0.3, 0.4) is 0 Å². The zero-order chi connectivity index (χ0) is 14.5. The third-order valence-electron chi connectivity index (χ3n) is 3.84. The van der Waals surface area contributed by atoms with E-state index in [9.17, 15) is 4.79 Å². The minimum atomic E-state index is 0.218. The largest absolute Gasteiger partial charge is 0.369 e. The van der Waals surface area contributed by atoms with Gasteiger partial charge in [-0.15, -0.1) is 0 Å². The van der Waals surface area contributed by atoms with Gasteiger partial charge in [0.2, 0.25) is 0 Å². The molecule has 20 heavy (non-hydrogen) atoms. The van der Waals surface area contributed by atoms with Crippen LogP contribution in [0.1, 0.15) is 35.9 Å². The van der Waals surface area contributed by atoms with E-state index in [0.717, 1.165) is 26.2 Å². The van der Waals surface area contributed by atoms with E-state index in [1.54, 1.807) is 6.92 Å². The molecule has 0 radical (unpaired) electrons. The van der Waals surface area contributed by atoms with Gasteiger partial charge in [0.15, 0.2) is 6.29 Å². The molecule has 1 aromatic heterocycles. The first-order valence-corrected chi connectivity index (χ1v) is 7.47. The molecule has 1 aliphatic heterocycles. The summed E-state index contributed by atoms with van der Waals surface area (Å²) in [7, 11) is 0. The van der Waals surface area contributed by atoms with Crippen LogP contribution in [-0.4, -0.2) is 47.3 Å². The normalized spacial score (nSPS) is 17.1. The predicted octanol–water partition coefficient (Wildman–Crippen LogP) is 2.39. The van der Waals surface area contributed by atoms with Crippen LogP contribution in [0.4, 0.5) is 5.82 Å². The maximum atomic E-state index is 11.1. The molecular formula is C14H21ClN4O. The average Bonchev–Trinajstić information content (AvgIpc) is 2.45. The molecule has 1 fully saturated rings. The first-order chi connectivity index (χ1) is 9.63. The van der Waals surface area contributed by atoms with Crippen molar-refractivity contribution in [1.29, 1.82) is 0 Å². The third kappa shape index (κ3) is 3.67. The fourth-order valence-electron chi connectivity index (χ4n) is 2.53. The number of hydrogen-bond donors (Lipinski definition) is 1. The first kappa shape index (κ1) is 15.2. The Hall–Kier alpha value is -1.20. The van der Waals surface area contributed by atoms with E-state index in [2.05, 4.69) is 27.1 Å². The molecule has 0 saturated carbocycles. The van der Waals surface area contributed by atoms with Crippen molar-refractivity contribution >= 4 is 23.7 Å². The highest BCUT2D eigenvalue weighted by molar-refractivity contribution is 6.32. The number of hydrogen-bond acceptors (Lipinski definition) is 5. The molecule has 2 rings (SSSR count). The number of nitrogens with zero attached hydrogens (tertiary/aromatic N) is 3. The monoisotopic (exact) mass is 296 g/mol. The molecule has 0 spiro atoms. The van der Waals surface area contributed by atoms with Gasteiger partial charge in [-0.2, -0.15) is 0 Å². The van der Waals surface area contributed by atoms with Gasteiger partial charge >= 0.3 is 0 Å². The summed E-state index contributed by atoms with van der Waals surface area (Å²) in [5, 5.41) is 3.48. The van der Waals surface area contributed by atoms with Crippen LogP contribution in [0, 0.1) is 12.8 Å². The molecule has 110 valence electrons. The van der Waals surface area contributed by atoms with Crippen LogP contribution in [0.5, 0.6) is 0 Å². The van der Waals surface area contributed by atoms with E-state index >= 15 is 0 Å². The van der Waals surface area contributed by atoms with Gasteiger partial charge in [0, 0.05) is 6.54 Å². The second kappa shape index (κ2) is 6.99. The van der Waals surface area contributed by atoms with Crippen molar-refractivity contribution < 1.29 is 4.79 Å². The Balaban J connectivity index is 1.96. The first-order valence-electron chi connectivity index (χ1n) is 7.09. The number of aldehydes is 1. The Morgan fingerprint density at radius 2 is 2.10 bits per heavy atom. The van der Waals surface area contributed by atoms with Gasteiger partial charge in [0.1, 0.15) is 16.8 Å². The quantitative estimate of drug-likeness (QED) is 0.668. The molecule has 5 nitrogen and oxygen atoms in total. The summed E-state index contributed by atoms with van der Waals surface area (Å²) < 4.78 is 0. The topological polar surface area (TPSA) is 58.1 Å². The highest BCUT2D eigenvalue weighted by Crippen LogP contribution is 2.21. The molecule has 0 unspecified atom stereocenters. The summed E-state index contributed by atoms with van der Waals surface area (Å²) in [6.07, 6.45) is 3.06. The van der Waals surface area contributed by atoms with Gasteiger partial charge in [0.05, 0.1) is 5.56 Å². The minimum Gasteiger partial charge on any atom is -0.369 e. The van der Waals surface area contributed by atoms with Crippen LogP contribution in [0.2, 0.25) is 5.15 Å². The Bertz CT molecular complexity index is 472. The number of rotatable bonds is 5. The molecular weight excluding hydrogens is 276 g/mol. The summed E-state index contributed by atoms with van der Waals surface area (Å²) in [4.78, 5) is 21.8. The molecule has 0 atom stereocenters. The van der Waals surface area contributed by atoms with Gasteiger partial charge in [0.25, 0.3) is 0 Å². The van der Waals surface area contributed by atoms with Crippen LogP contribution in [0.25, 0.3) is 0 Å². The zero-order valence-electron chi connectivity index (χ0n) is 12.0. The average molecular weight is 297 g/mol. The van der Waals surface area contributed by atoms with Crippen molar-refractivity contribution in [2.75, 3.05) is 31.5 Å². The molecule has 1 N–H and O–H groups in total. The van der Waals surface area contributed by atoms with Crippen LogP contribution >= 0.6 is 11.6 Å². The van der Waals surface area contributed by atoms with Gasteiger partial charge in [-0.1, -0.05) is 18.5 Å². The molecule has 0 bridgehead atoms. The van der Waals surface area contributed by atoms with Crippen molar-refractivity contribution in [2.24, 2.45) is 5.92 Å². The number of piperidine rings is 1. The van der Waals surface area contributed by atoms with Crippen molar-refractivity contribution in [3.63, 3.8) is 0 Å². The number of carbonyl (C=O) groups is 1. The lowest BCUT2D eigenvalue weighted by molar-refractivity contribution is 0.112. The summed E-state index contributed by atoms with van der Waals surface area (Å²) in [6.45, 7) is 8.20. The van der Waals surface area contributed by atoms with Gasteiger partial charge < -0.3 is 10.2 Å². The molecule has 2 heterocycles. The summed E-state index contributed by atoms with van der Waals surface area (Å²) in [5.74, 6) is 1.74. The number of aryl methyl sites for hydroxylation is 1. The van der Waals surface area contributed by atoms with Crippen LogP contribution in [-0.2, 0) is 0 Å².